The first-order valence-electron chi connectivity index (χ1n) is 4.50. The lowest BCUT2D eigenvalue weighted by Gasteiger charge is -2.08. The molecule has 0 aliphatic rings. The quantitative estimate of drug-likeness (QED) is 0.583. The van der Waals surface area contributed by atoms with Crippen LogP contribution in [0.2, 0.25) is 0 Å². The second-order valence-corrected chi connectivity index (χ2v) is 3.40. The molecular formula is C11H12O4. The Labute approximate surface area is 87.2 Å². The molecule has 0 aromatic heterocycles. The monoisotopic (exact) mass is 208 g/mol. The molecule has 4 heteroatoms. The molecule has 2 N–H and O–H groups in total. The highest BCUT2D eigenvalue weighted by Gasteiger charge is 2.21. The maximum Gasteiger partial charge on any atom is 0.176 e. The molecule has 0 radical (unpaired) electrons. The standard InChI is InChI=1S/C11H12O4/c1-6(7(2)12)11(15)9-4-3-8(13)5-10(9)14/h3-6,13-14H,1-2H3. The number of carbonyl (C=O) groups is 2. The Kier molecular flexibility index (Phi) is 3.09. The lowest BCUT2D eigenvalue weighted by molar-refractivity contribution is -0.118. The Hall–Kier alpha value is -1.84. The average Bonchev–Trinajstić information content (AvgIpc) is 2.15. The third kappa shape index (κ3) is 2.34. The molecule has 0 spiro atoms. The SMILES string of the molecule is CC(=O)C(C)C(=O)c1ccc(O)cc1O. The lowest BCUT2D eigenvalue weighted by Crippen LogP contribution is -2.18. The summed E-state index contributed by atoms with van der Waals surface area (Å²) in [6.45, 7) is 2.80. The van der Waals surface area contributed by atoms with Gasteiger partial charge in [0, 0.05) is 6.07 Å². The van der Waals surface area contributed by atoms with E-state index in [2.05, 4.69) is 0 Å². The van der Waals surface area contributed by atoms with Crippen molar-refractivity contribution in [2.45, 2.75) is 13.8 Å². The van der Waals surface area contributed by atoms with Crippen molar-refractivity contribution in [3.05, 3.63) is 23.8 Å². The van der Waals surface area contributed by atoms with E-state index in [-0.39, 0.29) is 22.8 Å². The zero-order chi connectivity index (χ0) is 11.6. The fraction of sp³-hybridized carbons (Fsp3) is 0.273. The van der Waals surface area contributed by atoms with Gasteiger partial charge >= 0.3 is 0 Å². The van der Waals surface area contributed by atoms with Crippen LogP contribution in [0.1, 0.15) is 24.2 Å². The molecule has 80 valence electrons. The van der Waals surface area contributed by atoms with Crippen LogP contribution >= 0.6 is 0 Å². The second kappa shape index (κ2) is 4.13. The van der Waals surface area contributed by atoms with Crippen LogP contribution in [0.4, 0.5) is 0 Å². The molecule has 1 aromatic carbocycles. The number of phenolic OH excluding ortho intramolecular Hbond substituents is 2. The highest BCUT2D eigenvalue weighted by molar-refractivity contribution is 6.11. The molecule has 1 aromatic rings. The number of aromatic hydroxyl groups is 2. The van der Waals surface area contributed by atoms with E-state index in [1.807, 2.05) is 0 Å². The van der Waals surface area contributed by atoms with Gasteiger partial charge in [0.1, 0.15) is 17.3 Å². The van der Waals surface area contributed by atoms with Crippen LogP contribution in [0, 0.1) is 5.92 Å². The third-order valence-corrected chi connectivity index (χ3v) is 2.25. The van der Waals surface area contributed by atoms with Gasteiger partial charge in [-0.15, -0.1) is 0 Å². The number of rotatable bonds is 3. The van der Waals surface area contributed by atoms with Gasteiger partial charge in [-0.05, 0) is 26.0 Å². The van der Waals surface area contributed by atoms with Gasteiger partial charge < -0.3 is 10.2 Å². The van der Waals surface area contributed by atoms with Gasteiger partial charge in [0.2, 0.25) is 0 Å². The summed E-state index contributed by atoms with van der Waals surface area (Å²) < 4.78 is 0. The largest absolute Gasteiger partial charge is 0.508 e. The molecule has 0 saturated carbocycles. The first-order valence-corrected chi connectivity index (χ1v) is 4.50. The molecule has 0 saturated heterocycles. The van der Waals surface area contributed by atoms with Crippen LogP contribution < -0.4 is 0 Å². The average molecular weight is 208 g/mol. The highest BCUT2D eigenvalue weighted by atomic mass is 16.3. The van der Waals surface area contributed by atoms with Gasteiger partial charge in [0.05, 0.1) is 11.5 Å². The van der Waals surface area contributed by atoms with Crippen LogP contribution in [-0.2, 0) is 4.79 Å². The Balaban J connectivity index is 3.07. The van der Waals surface area contributed by atoms with Gasteiger partial charge in [-0.25, -0.2) is 0 Å². The Bertz CT molecular complexity index is 409. The van der Waals surface area contributed by atoms with Crippen LogP contribution in [0.25, 0.3) is 0 Å². The summed E-state index contributed by atoms with van der Waals surface area (Å²) in [6.07, 6.45) is 0. The number of hydrogen-bond acceptors (Lipinski definition) is 4. The molecular weight excluding hydrogens is 196 g/mol. The first-order chi connectivity index (χ1) is 6.93. The second-order valence-electron chi connectivity index (χ2n) is 3.40. The van der Waals surface area contributed by atoms with Crippen molar-refractivity contribution >= 4 is 11.6 Å². The first kappa shape index (κ1) is 11.2. The molecule has 1 unspecified atom stereocenters. The molecule has 0 fully saturated rings. The third-order valence-electron chi connectivity index (χ3n) is 2.25. The minimum absolute atomic E-state index is 0.0514. The fourth-order valence-corrected chi connectivity index (χ4v) is 1.15. The maximum atomic E-state index is 11.7. The normalized spacial score (nSPS) is 12.1. The van der Waals surface area contributed by atoms with Crippen LogP contribution in [0.15, 0.2) is 18.2 Å². The molecule has 0 aliphatic carbocycles. The lowest BCUT2D eigenvalue weighted by atomic mass is 9.95. The predicted octanol–water partition coefficient (Wildman–Crippen LogP) is 1.51. The number of benzene rings is 1. The van der Waals surface area contributed by atoms with Crippen molar-refractivity contribution in [3.8, 4) is 11.5 Å². The van der Waals surface area contributed by atoms with Crippen LogP contribution in [0.5, 0.6) is 11.5 Å². The van der Waals surface area contributed by atoms with Gasteiger partial charge in [-0.2, -0.15) is 0 Å². The molecule has 0 amide bonds. The molecule has 1 atom stereocenters. The summed E-state index contributed by atoms with van der Waals surface area (Å²) in [4.78, 5) is 22.6. The van der Waals surface area contributed by atoms with Gasteiger partial charge in [-0.1, -0.05) is 0 Å². The Morgan fingerprint density at radius 1 is 1.27 bits per heavy atom. The Morgan fingerprint density at radius 2 is 1.87 bits per heavy atom. The van der Waals surface area contributed by atoms with Crippen molar-refractivity contribution in [3.63, 3.8) is 0 Å². The molecule has 1 rings (SSSR count). The molecule has 0 aliphatic heterocycles. The summed E-state index contributed by atoms with van der Waals surface area (Å²) in [5.41, 5.74) is 0.0514. The van der Waals surface area contributed by atoms with Gasteiger partial charge in [-0.3, -0.25) is 9.59 Å². The van der Waals surface area contributed by atoms with Crippen molar-refractivity contribution in [1.29, 1.82) is 0 Å². The van der Waals surface area contributed by atoms with E-state index in [1.54, 1.807) is 0 Å². The molecule has 15 heavy (non-hydrogen) atoms. The highest BCUT2D eigenvalue weighted by Crippen LogP contribution is 2.25. The minimum atomic E-state index is -0.777. The van der Waals surface area contributed by atoms with E-state index in [0.29, 0.717) is 0 Å². The molecule has 0 bridgehead atoms. The number of hydrogen-bond donors (Lipinski definition) is 2. The van der Waals surface area contributed by atoms with E-state index in [1.165, 1.54) is 26.0 Å². The van der Waals surface area contributed by atoms with Crippen molar-refractivity contribution in [1.82, 2.24) is 0 Å². The topological polar surface area (TPSA) is 74.6 Å². The number of Topliss-reactive ketones (excluding diaryl/α,β-unsaturated/α-hetero) is 2. The fourth-order valence-electron chi connectivity index (χ4n) is 1.15. The Morgan fingerprint density at radius 3 is 2.33 bits per heavy atom. The summed E-state index contributed by atoms with van der Waals surface area (Å²) in [6, 6.07) is 3.66. The molecule has 4 nitrogen and oxygen atoms in total. The summed E-state index contributed by atoms with van der Waals surface area (Å²) in [5, 5.41) is 18.4. The predicted molar refractivity (Wildman–Crippen MR) is 53.9 cm³/mol. The van der Waals surface area contributed by atoms with Gasteiger partial charge in [0.15, 0.2) is 5.78 Å². The van der Waals surface area contributed by atoms with E-state index in [0.717, 1.165) is 6.07 Å². The molecule has 0 heterocycles. The van der Waals surface area contributed by atoms with E-state index >= 15 is 0 Å². The summed E-state index contributed by atoms with van der Waals surface area (Å²) in [7, 11) is 0. The van der Waals surface area contributed by atoms with Crippen molar-refractivity contribution in [2.24, 2.45) is 5.92 Å². The van der Waals surface area contributed by atoms with E-state index in [9.17, 15) is 14.7 Å². The maximum absolute atomic E-state index is 11.7. The van der Waals surface area contributed by atoms with Crippen LogP contribution in [-0.4, -0.2) is 21.8 Å². The van der Waals surface area contributed by atoms with Crippen molar-refractivity contribution < 1.29 is 19.8 Å². The van der Waals surface area contributed by atoms with Crippen molar-refractivity contribution in [2.75, 3.05) is 0 Å². The number of carbonyl (C=O) groups excluding carboxylic acids is 2. The zero-order valence-electron chi connectivity index (χ0n) is 8.52. The minimum Gasteiger partial charge on any atom is -0.508 e. The van der Waals surface area contributed by atoms with E-state index < -0.39 is 11.7 Å². The smallest absolute Gasteiger partial charge is 0.176 e. The van der Waals surface area contributed by atoms with Gasteiger partial charge in [0.25, 0.3) is 0 Å². The summed E-state index contributed by atoms with van der Waals surface area (Å²) in [5.74, 6) is -1.92. The summed E-state index contributed by atoms with van der Waals surface area (Å²) >= 11 is 0. The zero-order valence-corrected chi connectivity index (χ0v) is 8.52. The van der Waals surface area contributed by atoms with E-state index in [4.69, 9.17) is 5.11 Å². The number of ketones is 2. The number of phenols is 2. The van der Waals surface area contributed by atoms with Crippen LogP contribution in [0.3, 0.4) is 0 Å².